The van der Waals surface area contributed by atoms with Crippen molar-refractivity contribution in [2.75, 3.05) is 24.5 Å². The largest absolute Gasteiger partial charge is 0.423 e. The van der Waals surface area contributed by atoms with Crippen LogP contribution < -0.4 is 10.2 Å². The molecule has 0 saturated carbocycles. The number of benzene rings is 1. The predicted molar refractivity (Wildman–Crippen MR) is 101 cm³/mol. The number of para-hydroxylation sites is 1. The highest BCUT2D eigenvalue weighted by molar-refractivity contribution is 5.96. The van der Waals surface area contributed by atoms with Crippen LogP contribution in [0.1, 0.15) is 16.8 Å². The Morgan fingerprint density at radius 1 is 1.39 bits per heavy atom. The summed E-state index contributed by atoms with van der Waals surface area (Å²) in [6, 6.07) is 6.82. The Labute approximate surface area is 158 Å². The van der Waals surface area contributed by atoms with E-state index in [1.54, 1.807) is 24.5 Å². The van der Waals surface area contributed by atoms with Gasteiger partial charge in [-0.2, -0.15) is 4.98 Å². The van der Waals surface area contributed by atoms with Crippen molar-refractivity contribution in [2.45, 2.75) is 6.42 Å². The number of aromatic amines is 1. The van der Waals surface area contributed by atoms with Gasteiger partial charge < -0.3 is 19.6 Å². The van der Waals surface area contributed by atoms with Crippen molar-refractivity contribution < 1.29 is 13.6 Å². The van der Waals surface area contributed by atoms with Crippen LogP contribution in [0.25, 0.3) is 22.3 Å². The Morgan fingerprint density at radius 3 is 3.21 bits per heavy atom. The summed E-state index contributed by atoms with van der Waals surface area (Å²) in [5.41, 5.74) is 2.48. The van der Waals surface area contributed by atoms with E-state index in [-0.39, 0.29) is 17.3 Å². The third-order valence-corrected chi connectivity index (χ3v) is 5.00. The van der Waals surface area contributed by atoms with Crippen molar-refractivity contribution >= 4 is 34.2 Å². The summed E-state index contributed by atoms with van der Waals surface area (Å²) in [7, 11) is 0. The number of carbonyl (C=O) groups excluding carboxylic acids is 1. The van der Waals surface area contributed by atoms with Crippen molar-refractivity contribution in [3.63, 3.8) is 0 Å². The van der Waals surface area contributed by atoms with E-state index in [0.717, 1.165) is 18.5 Å². The molecule has 0 radical (unpaired) electrons. The first-order valence-corrected chi connectivity index (χ1v) is 9.05. The first kappa shape index (κ1) is 16.7. The molecule has 1 amide bonds. The Bertz CT molecular complexity index is 1170. The first-order valence-electron chi connectivity index (χ1n) is 9.05. The Kier molecular flexibility index (Phi) is 3.92. The fourth-order valence-corrected chi connectivity index (χ4v) is 3.50. The molecular formula is C19H17FN6O2. The normalized spacial score (nSPS) is 16.9. The van der Waals surface area contributed by atoms with Crippen LogP contribution in [0.4, 0.5) is 10.4 Å². The van der Waals surface area contributed by atoms with Crippen LogP contribution in [-0.4, -0.2) is 45.5 Å². The number of nitrogens with one attached hydrogen (secondary N) is 2. The number of fused-ring (bicyclic) bond motifs is 2. The maximum atomic E-state index is 13.8. The summed E-state index contributed by atoms with van der Waals surface area (Å²) in [6.07, 6.45) is 3.95. The average Bonchev–Trinajstić information content (AvgIpc) is 3.43. The number of halogens is 1. The molecule has 0 spiro atoms. The molecule has 4 heterocycles. The molecule has 1 fully saturated rings. The van der Waals surface area contributed by atoms with Gasteiger partial charge in [-0.25, -0.2) is 14.4 Å². The van der Waals surface area contributed by atoms with Gasteiger partial charge >= 0.3 is 0 Å². The summed E-state index contributed by atoms with van der Waals surface area (Å²) < 4.78 is 19.5. The molecule has 1 aromatic carbocycles. The van der Waals surface area contributed by atoms with Gasteiger partial charge in [-0.05, 0) is 30.5 Å². The van der Waals surface area contributed by atoms with Crippen LogP contribution in [-0.2, 0) is 0 Å². The van der Waals surface area contributed by atoms with Crippen molar-refractivity contribution in [2.24, 2.45) is 5.92 Å². The van der Waals surface area contributed by atoms with E-state index in [4.69, 9.17) is 4.42 Å². The fraction of sp³-hybridized carbons (Fsp3) is 0.263. The number of rotatable bonds is 4. The van der Waals surface area contributed by atoms with Gasteiger partial charge in [0.25, 0.3) is 11.9 Å². The van der Waals surface area contributed by atoms with Crippen LogP contribution in [0.3, 0.4) is 0 Å². The molecule has 1 aliphatic heterocycles. The molecule has 0 bridgehead atoms. The van der Waals surface area contributed by atoms with Gasteiger partial charge in [-0.15, -0.1) is 0 Å². The molecule has 0 aliphatic carbocycles. The minimum Gasteiger partial charge on any atom is -0.423 e. The van der Waals surface area contributed by atoms with E-state index in [2.05, 4.69) is 25.3 Å². The highest BCUT2D eigenvalue weighted by Gasteiger charge is 2.27. The topological polar surface area (TPSA) is 99.9 Å². The molecule has 142 valence electrons. The van der Waals surface area contributed by atoms with E-state index in [1.165, 1.54) is 12.3 Å². The molecule has 2 N–H and O–H groups in total. The number of oxazole rings is 1. The second-order valence-corrected chi connectivity index (χ2v) is 6.89. The third-order valence-electron chi connectivity index (χ3n) is 5.00. The SMILES string of the molecule is O=C(NCC1CCN(c2nc3c(F)cccc3o2)C1)c1cnc2nc[nH]c2c1. The highest BCUT2D eigenvalue weighted by atomic mass is 19.1. The number of hydrogen-bond donors (Lipinski definition) is 2. The second kappa shape index (κ2) is 6.59. The first-order chi connectivity index (χ1) is 13.7. The lowest BCUT2D eigenvalue weighted by Crippen LogP contribution is -2.31. The molecular weight excluding hydrogens is 363 g/mol. The molecule has 1 unspecified atom stereocenters. The Morgan fingerprint density at radius 2 is 2.32 bits per heavy atom. The van der Waals surface area contributed by atoms with Crippen LogP contribution in [0.15, 0.2) is 41.2 Å². The minimum absolute atomic E-state index is 0.175. The Balaban J connectivity index is 1.22. The zero-order chi connectivity index (χ0) is 19.1. The zero-order valence-electron chi connectivity index (χ0n) is 14.9. The number of amides is 1. The zero-order valence-corrected chi connectivity index (χ0v) is 14.9. The summed E-state index contributed by atoms with van der Waals surface area (Å²) in [5.74, 6) is -0.308. The van der Waals surface area contributed by atoms with Crippen molar-refractivity contribution in [1.29, 1.82) is 0 Å². The number of H-pyrrole nitrogens is 1. The molecule has 5 rings (SSSR count). The van der Waals surface area contributed by atoms with E-state index >= 15 is 0 Å². The number of nitrogens with zero attached hydrogens (tertiary/aromatic N) is 4. The molecule has 1 atom stereocenters. The van der Waals surface area contributed by atoms with Crippen molar-refractivity contribution in [3.8, 4) is 0 Å². The quantitative estimate of drug-likeness (QED) is 0.564. The number of aromatic nitrogens is 4. The molecule has 28 heavy (non-hydrogen) atoms. The van der Waals surface area contributed by atoms with E-state index in [9.17, 15) is 9.18 Å². The number of hydrogen-bond acceptors (Lipinski definition) is 6. The summed E-state index contributed by atoms with van der Waals surface area (Å²) >= 11 is 0. The Hall–Kier alpha value is -3.49. The average molecular weight is 380 g/mol. The lowest BCUT2D eigenvalue weighted by atomic mass is 10.1. The molecule has 8 nitrogen and oxygen atoms in total. The lowest BCUT2D eigenvalue weighted by molar-refractivity contribution is 0.0948. The monoisotopic (exact) mass is 380 g/mol. The van der Waals surface area contributed by atoms with Crippen LogP contribution in [0, 0.1) is 11.7 Å². The second-order valence-electron chi connectivity index (χ2n) is 6.89. The number of carbonyl (C=O) groups is 1. The van der Waals surface area contributed by atoms with Crippen molar-refractivity contribution in [3.05, 3.63) is 48.2 Å². The molecule has 9 heteroatoms. The number of pyridine rings is 1. The van der Waals surface area contributed by atoms with Gasteiger partial charge in [-0.1, -0.05) is 6.07 Å². The summed E-state index contributed by atoms with van der Waals surface area (Å²) in [4.78, 5) is 29.8. The third kappa shape index (κ3) is 2.94. The van der Waals surface area contributed by atoms with Gasteiger partial charge in [-0.3, -0.25) is 4.79 Å². The van der Waals surface area contributed by atoms with Crippen molar-refractivity contribution in [1.82, 2.24) is 25.3 Å². The minimum atomic E-state index is -0.390. The van der Waals surface area contributed by atoms with Gasteiger partial charge in [0.1, 0.15) is 5.52 Å². The van der Waals surface area contributed by atoms with Crippen LogP contribution in [0.2, 0.25) is 0 Å². The lowest BCUT2D eigenvalue weighted by Gasteiger charge is -2.14. The maximum Gasteiger partial charge on any atom is 0.298 e. The fourth-order valence-electron chi connectivity index (χ4n) is 3.50. The van der Waals surface area contributed by atoms with Gasteiger partial charge in [0.15, 0.2) is 17.0 Å². The summed E-state index contributed by atoms with van der Waals surface area (Å²) in [5, 5.41) is 2.95. The summed E-state index contributed by atoms with van der Waals surface area (Å²) in [6.45, 7) is 1.97. The molecule has 4 aromatic rings. The molecule has 1 saturated heterocycles. The molecule has 1 aliphatic rings. The van der Waals surface area contributed by atoms with E-state index < -0.39 is 5.82 Å². The van der Waals surface area contributed by atoms with Crippen LogP contribution >= 0.6 is 0 Å². The molecule has 3 aromatic heterocycles. The standard InChI is InChI=1S/C19H17FN6O2/c20-13-2-1-3-15-16(13)25-19(28-15)26-5-4-11(9-26)7-22-18(27)12-6-14-17(21-8-12)24-10-23-14/h1-3,6,8,10-11H,4-5,7,9H2,(H,22,27)(H,21,23,24). The van der Waals surface area contributed by atoms with Gasteiger partial charge in [0.05, 0.1) is 17.4 Å². The number of imidazole rings is 1. The van der Waals surface area contributed by atoms with Crippen LogP contribution in [0.5, 0.6) is 0 Å². The highest BCUT2D eigenvalue weighted by Crippen LogP contribution is 2.27. The smallest absolute Gasteiger partial charge is 0.298 e. The van der Waals surface area contributed by atoms with E-state index in [0.29, 0.717) is 35.9 Å². The predicted octanol–water partition coefficient (Wildman–Crippen LogP) is 2.49. The number of anilines is 1. The maximum absolute atomic E-state index is 13.8. The van der Waals surface area contributed by atoms with E-state index in [1.807, 2.05) is 4.90 Å². The van der Waals surface area contributed by atoms with Gasteiger partial charge in [0, 0.05) is 25.8 Å². The van der Waals surface area contributed by atoms with Gasteiger partial charge in [0.2, 0.25) is 0 Å².